The molecule has 178 valence electrons. The Morgan fingerprint density at radius 3 is 1.81 bits per heavy atom. The van der Waals surface area contributed by atoms with Crippen LogP contribution in [-0.2, 0) is 19.3 Å². The third kappa shape index (κ3) is 3.75. The summed E-state index contributed by atoms with van der Waals surface area (Å²) in [5, 5.41) is 0. The lowest BCUT2D eigenvalue weighted by molar-refractivity contribution is 0.103. The summed E-state index contributed by atoms with van der Waals surface area (Å²) in [6.07, 6.45) is 2.20. The van der Waals surface area contributed by atoms with Gasteiger partial charge in [-0.2, -0.15) is 0 Å². The first kappa shape index (κ1) is 21.8. The van der Waals surface area contributed by atoms with E-state index < -0.39 is 0 Å². The number of anilines is 3. The Hall–Kier alpha value is -4.50. The smallest absolute Gasteiger partial charge is 0.193 e. The molecule has 2 aliphatic rings. The van der Waals surface area contributed by atoms with Crippen LogP contribution in [0.3, 0.4) is 0 Å². The summed E-state index contributed by atoms with van der Waals surface area (Å²) < 4.78 is 13.9. The predicted octanol–water partition coefficient (Wildman–Crippen LogP) is 7.93. The lowest BCUT2D eigenvalue weighted by Crippen LogP contribution is -2.18. The highest BCUT2D eigenvalue weighted by molar-refractivity contribution is 6.12. The Kier molecular flexibility index (Phi) is 5.03. The van der Waals surface area contributed by atoms with Crippen molar-refractivity contribution in [3.63, 3.8) is 0 Å². The molecule has 0 N–H and O–H groups in total. The molecule has 37 heavy (non-hydrogen) atoms. The summed E-state index contributed by atoms with van der Waals surface area (Å²) in [5.74, 6) is -0.294. The van der Waals surface area contributed by atoms with Crippen molar-refractivity contribution in [3.8, 4) is 0 Å². The molecule has 5 aromatic carbocycles. The fourth-order valence-electron chi connectivity index (χ4n) is 5.81. The number of hydrogen-bond donors (Lipinski definition) is 0. The minimum absolute atomic E-state index is 0.00144. The quantitative estimate of drug-likeness (QED) is 0.255. The van der Waals surface area contributed by atoms with Crippen LogP contribution in [0.25, 0.3) is 0 Å². The molecule has 0 unspecified atom stereocenters. The first-order valence-corrected chi connectivity index (χ1v) is 12.6. The Morgan fingerprint density at radius 2 is 1.08 bits per heavy atom. The van der Waals surface area contributed by atoms with Gasteiger partial charge in [-0.1, -0.05) is 48.5 Å². The van der Waals surface area contributed by atoms with Gasteiger partial charge in [0.15, 0.2) is 5.78 Å². The minimum atomic E-state index is -0.296. The number of ketones is 1. The molecule has 0 aromatic heterocycles. The maximum Gasteiger partial charge on any atom is 0.193 e. The zero-order valence-corrected chi connectivity index (χ0v) is 20.2. The van der Waals surface area contributed by atoms with Crippen LogP contribution in [0.2, 0.25) is 0 Å². The van der Waals surface area contributed by atoms with Gasteiger partial charge in [0, 0.05) is 28.2 Å². The molecule has 7 rings (SSSR count). The number of benzene rings is 5. The summed E-state index contributed by atoms with van der Waals surface area (Å²) in [6, 6.07) is 36.3. The largest absolute Gasteiger partial charge is 0.310 e. The van der Waals surface area contributed by atoms with Crippen molar-refractivity contribution >= 4 is 22.8 Å². The van der Waals surface area contributed by atoms with E-state index in [1.165, 1.54) is 34.4 Å². The van der Waals surface area contributed by atoms with Gasteiger partial charge in [-0.05, 0) is 113 Å². The van der Waals surface area contributed by atoms with Gasteiger partial charge in [0.2, 0.25) is 0 Å². The van der Waals surface area contributed by atoms with Gasteiger partial charge in [-0.25, -0.2) is 4.39 Å². The van der Waals surface area contributed by atoms with Crippen molar-refractivity contribution in [3.05, 3.63) is 160 Å². The Bertz CT molecular complexity index is 1630. The highest BCUT2D eigenvalue weighted by Gasteiger charge is 2.27. The molecule has 0 fully saturated rings. The molecule has 0 aliphatic heterocycles. The van der Waals surface area contributed by atoms with Gasteiger partial charge in [-0.3, -0.25) is 4.79 Å². The Balaban J connectivity index is 1.27. The molecular weight excluding hydrogens is 457 g/mol. The number of carbonyl (C=O) groups excluding carboxylic acids is 1. The zero-order valence-electron chi connectivity index (χ0n) is 20.2. The highest BCUT2D eigenvalue weighted by atomic mass is 19.1. The summed E-state index contributed by atoms with van der Waals surface area (Å²) in [5.41, 5.74) is 11.6. The fraction of sp³-hybridized carbons (Fsp3) is 0.0882. The van der Waals surface area contributed by atoms with Crippen molar-refractivity contribution in [2.75, 3.05) is 4.90 Å². The number of rotatable bonds is 3. The number of hydrogen-bond acceptors (Lipinski definition) is 2. The number of fused-ring (bicyclic) bond motifs is 4. The van der Waals surface area contributed by atoms with Crippen LogP contribution >= 0.6 is 0 Å². The highest BCUT2D eigenvalue weighted by Crippen LogP contribution is 2.39. The Morgan fingerprint density at radius 1 is 0.486 bits per heavy atom. The molecule has 0 saturated heterocycles. The van der Waals surface area contributed by atoms with Crippen LogP contribution in [0.4, 0.5) is 21.5 Å². The normalized spacial score (nSPS) is 13.3. The zero-order chi connectivity index (χ0) is 24.9. The van der Waals surface area contributed by atoms with Gasteiger partial charge in [0.05, 0.1) is 0 Å². The van der Waals surface area contributed by atoms with Crippen molar-refractivity contribution < 1.29 is 9.18 Å². The topological polar surface area (TPSA) is 20.3 Å². The van der Waals surface area contributed by atoms with Crippen molar-refractivity contribution in [1.29, 1.82) is 0 Å². The van der Waals surface area contributed by atoms with Crippen molar-refractivity contribution in [1.82, 2.24) is 0 Å². The fourth-order valence-corrected chi connectivity index (χ4v) is 5.81. The number of para-hydroxylation sites is 2. The molecule has 0 amide bonds. The van der Waals surface area contributed by atoms with Crippen molar-refractivity contribution in [2.24, 2.45) is 0 Å². The second-order valence-electron chi connectivity index (χ2n) is 9.90. The predicted molar refractivity (Wildman–Crippen MR) is 146 cm³/mol. The molecule has 0 heterocycles. The molecule has 2 nitrogen and oxygen atoms in total. The summed E-state index contributed by atoms with van der Waals surface area (Å²) in [4.78, 5) is 15.5. The molecule has 0 atom stereocenters. The first-order valence-electron chi connectivity index (χ1n) is 12.6. The van der Waals surface area contributed by atoms with E-state index in [9.17, 15) is 9.18 Å². The molecular formula is C34H24FNO. The monoisotopic (exact) mass is 481 g/mol. The standard InChI is InChI=1S/C34H24FNO/c35-28-12-14-32-27(19-28)18-26-17-23-16-24-20-31(13-11-22(24)15-25(23)21-33(26)34(32)37)36(29-7-3-1-4-8-29)30-9-5-2-6-10-30/h1-14,17,19-21H,15-16,18H2. The molecule has 0 bridgehead atoms. The van der Waals surface area contributed by atoms with Crippen molar-refractivity contribution in [2.45, 2.75) is 19.3 Å². The van der Waals surface area contributed by atoms with E-state index in [0.29, 0.717) is 12.0 Å². The molecule has 0 radical (unpaired) electrons. The third-order valence-electron chi connectivity index (χ3n) is 7.60. The van der Waals surface area contributed by atoms with E-state index in [-0.39, 0.29) is 11.6 Å². The first-order chi connectivity index (χ1) is 18.1. The summed E-state index contributed by atoms with van der Waals surface area (Å²) in [6.45, 7) is 0. The lowest BCUT2D eigenvalue weighted by atomic mass is 9.78. The number of nitrogens with zero attached hydrogens (tertiary/aromatic N) is 1. The second kappa shape index (κ2) is 8.56. The van der Waals surface area contributed by atoms with Crippen LogP contribution in [-0.4, -0.2) is 5.78 Å². The van der Waals surface area contributed by atoms with E-state index in [0.717, 1.165) is 46.6 Å². The van der Waals surface area contributed by atoms with Crippen LogP contribution in [0, 0.1) is 5.82 Å². The number of halogens is 1. The van der Waals surface area contributed by atoms with E-state index in [4.69, 9.17) is 0 Å². The molecule has 0 saturated carbocycles. The van der Waals surface area contributed by atoms with E-state index in [1.807, 2.05) is 12.1 Å². The van der Waals surface area contributed by atoms with Gasteiger partial charge in [0.1, 0.15) is 5.82 Å². The van der Waals surface area contributed by atoms with Crippen LogP contribution in [0.5, 0.6) is 0 Å². The molecule has 5 aromatic rings. The lowest BCUT2D eigenvalue weighted by Gasteiger charge is -2.28. The maximum absolute atomic E-state index is 13.9. The van der Waals surface area contributed by atoms with E-state index in [1.54, 1.807) is 6.07 Å². The molecule has 0 spiro atoms. The van der Waals surface area contributed by atoms with E-state index >= 15 is 0 Å². The van der Waals surface area contributed by atoms with E-state index in [2.05, 4.69) is 83.8 Å². The van der Waals surface area contributed by atoms with Gasteiger partial charge >= 0.3 is 0 Å². The third-order valence-corrected chi connectivity index (χ3v) is 7.60. The van der Waals surface area contributed by atoms with Gasteiger partial charge < -0.3 is 4.90 Å². The average molecular weight is 482 g/mol. The van der Waals surface area contributed by atoms with Crippen LogP contribution in [0.15, 0.2) is 109 Å². The molecule has 3 heteroatoms. The average Bonchev–Trinajstić information content (AvgIpc) is 2.92. The number of carbonyl (C=O) groups is 1. The van der Waals surface area contributed by atoms with Gasteiger partial charge in [-0.15, -0.1) is 0 Å². The van der Waals surface area contributed by atoms with Gasteiger partial charge in [0.25, 0.3) is 0 Å². The minimum Gasteiger partial charge on any atom is -0.310 e. The maximum atomic E-state index is 13.9. The molecule has 2 aliphatic carbocycles. The summed E-state index contributed by atoms with van der Waals surface area (Å²) >= 11 is 0. The second-order valence-corrected chi connectivity index (χ2v) is 9.90. The SMILES string of the molecule is O=C1c2ccc(F)cc2Cc2cc3c(cc21)Cc1ccc(N(c2ccccc2)c2ccccc2)cc1C3. The van der Waals surface area contributed by atoms with Crippen LogP contribution < -0.4 is 4.90 Å². The van der Waals surface area contributed by atoms with Crippen LogP contribution in [0.1, 0.15) is 49.3 Å². The summed E-state index contributed by atoms with van der Waals surface area (Å²) in [7, 11) is 0. The Labute approximate surface area is 215 Å².